The minimum Gasteiger partial charge on any atom is -0.241 e. The second-order valence-electron chi connectivity index (χ2n) is 4.41. The third kappa shape index (κ3) is 2.95. The number of aromatic nitrogens is 1. The highest BCUT2D eigenvalue weighted by Gasteiger charge is 2.15. The van der Waals surface area contributed by atoms with E-state index in [1.165, 1.54) is 10.8 Å². The fraction of sp³-hybridized carbons (Fsp3) is 0.133. The Bertz CT molecular complexity index is 723. The Morgan fingerprint density at radius 2 is 2.00 bits per heavy atom. The molecule has 3 aromatic rings. The van der Waals surface area contributed by atoms with E-state index < -0.39 is 0 Å². The zero-order chi connectivity index (χ0) is 14.1. The first-order valence-electron chi connectivity index (χ1n) is 6.07. The van der Waals surface area contributed by atoms with E-state index in [0.29, 0.717) is 0 Å². The van der Waals surface area contributed by atoms with E-state index in [0.717, 1.165) is 27.0 Å². The number of thiazole rings is 1. The van der Waals surface area contributed by atoms with Gasteiger partial charge in [-0.3, -0.25) is 0 Å². The van der Waals surface area contributed by atoms with Crippen LogP contribution in [-0.2, 0) is 6.42 Å². The van der Waals surface area contributed by atoms with Gasteiger partial charge in [0.1, 0.15) is 5.82 Å². The van der Waals surface area contributed by atoms with E-state index in [1.807, 2.05) is 18.2 Å². The van der Waals surface area contributed by atoms with Crippen molar-refractivity contribution in [3.8, 4) is 0 Å². The highest BCUT2D eigenvalue weighted by molar-refractivity contribution is 9.11. The van der Waals surface area contributed by atoms with Crippen LogP contribution in [0.15, 0.2) is 46.9 Å². The van der Waals surface area contributed by atoms with Crippen LogP contribution in [0.25, 0.3) is 10.2 Å². The third-order valence-electron chi connectivity index (χ3n) is 2.99. The largest absolute Gasteiger partial charge is 0.241 e. The summed E-state index contributed by atoms with van der Waals surface area (Å²) in [5.41, 5.74) is 1.93. The lowest BCUT2D eigenvalue weighted by Crippen LogP contribution is -1.97. The molecule has 0 radical (unpaired) electrons. The van der Waals surface area contributed by atoms with E-state index in [1.54, 1.807) is 23.5 Å². The number of para-hydroxylation sites is 1. The molecule has 102 valence electrons. The number of fused-ring (bicyclic) bond motifs is 1. The molecule has 0 fully saturated rings. The van der Waals surface area contributed by atoms with Gasteiger partial charge in [-0.1, -0.05) is 44.0 Å². The molecule has 0 saturated carbocycles. The van der Waals surface area contributed by atoms with Crippen LogP contribution in [-0.4, -0.2) is 4.98 Å². The predicted octanol–water partition coefficient (Wildman–Crippen LogP) is 5.88. The molecular formula is C15H10Br2FNS. The van der Waals surface area contributed by atoms with Crippen molar-refractivity contribution < 1.29 is 4.39 Å². The van der Waals surface area contributed by atoms with Gasteiger partial charge in [0.15, 0.2) is 0 Å². The number of rotatable bonds is 3. The van der Waals surface area contributed by atoms with Crippen molar-refractivity contribution in [2.75, 3.05) is 0 Å². The molecule has 0 amide bonds. The number of alkyl halides is 1. The summed E-state index contributed by atoms with van der Waals surface area (Å²) in [5, 5.41) is 1.05. The van der Waals surface area contributed by atoms with Gasteiger partial charge in [0.05, 0.1) is 15.2 Å². The van der Waals surface area contributed by atoms with Crippen LogP contribution in [0.4, 0.5) is 4.39 Å². The van der Waals surface area contributed by atoms with Gasteiger partial charge in [0.2, 0.25) is 0 Å². The topological polar surface area (TPSA) is 12.9 Å². The van der Waals surface area contributed by atoms with Gasteiger partial charge >= 0.3 is 0 Å². The summed E-state index contributed by atoms with van der Waals surface area (Å²) in [6.45, 7) is 0. The maximum atomic E-state index is 13.4. The molecule has 2 aromatic carbocycles. The molecule has 1 unspecified atom stereocenters. The highest BCUT2D eigenvalue weighted by Crippen LogP contribution is 2.34. The van der Waals surface area contributed by atoms with Crippen LogP contribution in [0.2, 0.25) is 0 Å². The molecule has 0 aliphatic heterocycles. The number of halogens is 3. The molecule has 1 atom stereocenters. The summed E-state index contributed by atoms with van der Waals surface area (Å²) >= 11 is 8.78. The Kier molecular flexibility index (Phi) is 4.19. The Morgan fingerprint density at radius 3 is 2.80 bits per heavy atom. The van der Waals surface area contributed by atoms with Gasteiger partial charge in [0.25, 0.3) is 0 Å². The smallest absolute Gasteiger partial charge is 0.123 e. The lowest BCUT2D eigenvalue weighted by Gasteiger charge is -2.10. The Hall–Kier alpha value is -0.780. The van der Waals surface area contributed by atoms with E-state index >= 15 is 0 Å². The zero-order valence-corrected chi connectivity index (χ0v) is 14.3. The first-order valence-corrected chi connectivity index (χ1v) is 8.59. The lowest BCUT2D eigenvalue weighted by molar-refractivity contribution is 0.624. The number of benzene rings is 2. The van der Waals surface area contributed by atoms with Crippen molar-refractivity contribution in [1.29, 1.82) is 0 Å². The van der Waals surface area contributed by atoms with Crippen LogP contribution in [0, 0.1) is 5.82 Å². The van der Waals surface area contributed by atoms with Gasteiger partial charge < -0.3 is 0 Å². The fourth-order valence-corrected chi connectivity index (χ4v) is 4.77. The molecule has 1 heterocycles. The van der Waals surface area contributed by atoms with Crippen LogP contribution in [0.3, 0.4) is 0 Å². The molecule has 0 aliphatic rings. The first kappa shape index (κ1) is 14.2. The zero-order valence-electron chi connectivity index (χ0n) is 10.3. The Labute approximate surface area is 137 Å². The molecule has 5 heteroatoms. The van der Waals surface area contributed by atoms with Crippen LogP contribution < -0.4 is 0 Å². The van der Waals surface area contributed by atoms with E-state index in [2.05, 4.69) is 42.9 Å². The molecule has 0 aliphatic carbocycles. The third-order valence-corrected chi connectivity index (χ3v) is 5.59. The molecule has 0 N–H and O–H groups in total. The number of hydrogen-bond donors (Lipinski definition) is 0. The second-order valence-corrected chi connectivity index (χ2v) is 7.49. The quantitative estimate of drug-likeness (QED) is 0.488. The average molecular weight is 415 g/mol. The van der Waals surface area contributed by atoms with Crippen LogP contribution in [0.5, 0.6) is 0 Å². The molecule has 0 spiro atoms. The standard InChI is InChI=1S/C15H10Br2FNS/c16-11-6-5-9(18)7-10(11)12(17)8-15-19-13-3-1-2-4-14(13)20-15/h1-7,12H,8H2. The maximum absolute atomic E-state index is 13.4. The van der Waals surface area contributed by atoms with Crippen LogP contribution >= 0.6 is 43.2 Å². The van der Waals surface area contributed by atoms with Gasteiger partial charge in [-0.25, -0.2) is 9.37 Å². The summed E-state index contributed by atoms with van der Waals surface area (Å²) in [6, 6.07) is 12.8. The number of hydrogen-bond acceptors (Lipinski definition) is 2. The summed E-state index contributed by atoms with van der Waals surface area (Å²) in [6.07, 6.45) is 0.738. The maximum Gasteiger partial charge on any atom is 0.123 e. The van der Waals surface area contributed by atoms with Crippen molar-refractivity contribution in [2.45, 2.75) is 11.2 Å². The van der Waals surface area contributed by atoms with Gasteiger partial charge in [-0.15, -0.1) is 11.3 Å². The second kappa shape index (κ2) is 5.92. The summed E-state index contributed by atoms with van der Waals surface area (Å²) in [5.74, 6) is -0.225. The summed E-state index contributed by atoms with van der Waals surface area (Å²) in [7, 11) is 0. The first-order chi connectivity index (χ1) is 9.63. The van der Waals surface area contributed by atoms with E-state index in [4.69, 9.17) is 0 Å². The summed E-state index contributed by atoms with van der Waals surface area (Å²) in [4.78, 5) is 4.65. The molecule has 20 heavy (non-hydrogen) atoms. The minimum absolute atomic E-state index is 0.0353. The van der Waals surface area contributed by atoms with Crippen molar-refractivity contribution in [3.63, 3.8) is 0 Å². The van der Waals surface area contributed by atoms with Crippen molar-refractivity contribution >= 4 is 53.4 Å². The average Bonchev–Trinajstić information content (AvgIpc) is 2.83. The van der Waals surface area contributed by atoms with Gasteiger partial charge in [-0.2, -0.15) is 0 Å². The molecule has 3 rings (SSSR count). The molecule has 1 aromatic heterocycles. The van der Waals surface area contributed by atoms with Crippen LogP contribution in [0.1, 0.15) is 15.4 Å². The Balaban J connectivity index is 1.88. The molecular weight excluding hydrogens is 405 g/mol. The molecule has 1 nitrogen and oxygen atoms in total. The normalized spacial score (nSPS) is 12.8. The van der Waals surface area contributed by atoms with E-state index in [-0.39, 0.29) is 10.6 Å². The predicted molar refractivity (Wildman–Crippen MR) is 89.1 cm³/mol. The van der Waals surface area contributed by atoms with E-state index in [9.17, 15) is 4.39 Å². The highest BCUT2D eigenvalue weighted by atomic mass is 79.9. The fourth-order valence-electron chi connectivity index (χ4n) is 2.03. The van der Waals surface area contributed by atoms with Crippen molar-refractivity contribution in [3.05, 3.63) is 63.3 Å². The minimum atomic E-state index is -0.225. The molecule has 0 saturated heterocycles. The van der Waals surface area contributed by atoms with Crippen molar-refractivity contribution in [2.24, 2.45) is 0 Å². The van der Waals surface area contributed by atoms with Gasteiger partial charge in [0, 0.05) is 15.7 Å². The van der Waals surface area contributed by atoms with Crippen molar-refractivity contribution in [1.82, 2.24) is 4.98 Å². The Morgan fingerprint density at radius 1 is 1.20 bits per heavy atom. The SMILES string of the molecule is Fc1ccc(Br)c(C(Br)Cc2nc3ccccc3s2)c1. The molecule has 0 bridgehead atoms. The lowest BCUT2D eigenvalue weighted by atomic mass is 10.1. The summed E-state index contributed by atoms with van der Waals surface area (Å²) < 4.78 is 15.4. The number of nitrogens with zero attached hydrogens (tertiary/aromatic N) is 1. The monoisotopic (exact) mass is 413 g/mol. The van der Waals surface area contributed by atoms with Gasteiger partial charge in [-0.05, 0) is 35.9 Å².